The van der Waals surface area contributed by atoms with Gasteiger partial charge in [0.15, 0.2) is 6.29 Å². The lowest BCUT2D eigenvalue weighted by Gasteiger charge is -2.20. The Labute approximate surface area is 258 Å². The van der Waals surface area contributed by atoms with Gasteiger partial charge in [-0.1, -0.05) is 91.9 Å². The van der Waals surface area contributed by atoms with Crippen LogP contribution in [0.3, 0.4) is 0 Å². The Balaban J connectivity index is 4.19. The number of unbranched alkanes of at least 4 members (excludes halogenated alkanes) is 10. The minimum Gasteiger partial charge on any atom is -0.465 e. The molecule has 0 aliphatic rings. The molecule has 0 aromatic carbocycles. The van der Waals surface area contributed by atoms with E-state index in [0.717, 1.165) is 64.6 Å². The highest BCUT2D eigenvalue weighted by atomic mass is 16.7. The highest BCUT2D eigenvalue weighted by molar-refractivity contribution is 5.69. The third-order valence-electron chi connectivity index (χ3n) is 7.02. The molecule has 0 aromatic rings. The molecule has 8 heteroatoms. The van der Waals surface area contributed by atoms with Gasteiger partial charge in [-0.15, -0.1) is 0 Å². The predicted molar refractivity (Wildman–Crippen MR) is 170 cm³/mol. The number of carbonyl (C=O) groups is 2. The number of ether oxygens (including phenoxy) is 5. The molecule has 0 heterocycles. The summed E-state index contributed by atoms with van der Waals surface area (Å²) in [4.78, 5) is 26.6. The van der Waals surface area contributed by atoms with Crippen LogP contribution in [-0.2, 0) is 28.5 Å². The van der Waals surface area contributed by atoms with E-state index in [0.29, 0.717) is 26.2 Å². The second-order valence-electron chi connectivity index (χ2n) is 11.4. The van der Waals surface area contributed by atoms with Crippen molar-refractivity contribution < 1.29 is 33.3 Å². The van der Waals surface area contributed by atoms with Crippen molar-refractivity contribution in [3.8, 4) is 0 Å². The van der Waals surface area contributed by atoms with Crippen molar-refractivity contribution in [2.45, 2.75) is 143 Å². The third kappa shape index (κ3) is 27.5. The summed E-state index contributed by atoms with van der Waals surface area (Å²) >= 11 is 0. The Hall–Kier alpha value is -1.38. The van der Waals surface area contributed by atoms with Gasteiger partial charge in [-0.05, 0) is 52.1 Å². The fourth-order valence-corrected chi connectivity index (χ4v) is 4.61. The molecule has 0 spiro atoms. The summed E-state index contributed by atoms with van der Waals surface area (Å²) in [5.41, 5.74) is 0. The van der Waals surface area contributed by atoms with Gasteiger partial charge in [0.25, 0.3) is 0 Å². The number of hydrogen-bond donors (Lipinski definition) is 0. The second kappa shape index (κ2) is 31.1. The van der Waals surface area contributed by atoms with Crippen molar-refractivity contribution in [3.63, 3.8) is 0 Å². The normalized spacial score (nSPS) is 12.2. The summed E-state index contributed by atoms with van der Waals surface area (Å²) in [5.74, 6) is -0.693. The van der Waals surface area contributed by atoms with Crippen molar-refractivity contribution >= 4 is 12.1 Å². The van der Waals surface area contributed by atoms with E-state index in [1.54, 1.807) is 0 Å². The van der Waals surface area contributed by atoms with Crippen LogP contribution in [0.4, 0.5) is 4.79 Å². The monoisotopic (exact) mass is 600 g/mol. The van der Waals surface area contributed by atoms with Gasteiger partial charge in [0.2, 0.25) is 0 Å². The topological polar surface area (TPSA) is 83.5 Å². The molecule has 42 heavy (non-hydrogen) atoms. The standard InChI is InChI=1S/C34H66NO7/c1-6-10-12-14-16-18-26-38-33(39-27-19-17-15-13-11-7-2)22-21-32(36)41-29-31(5)30-42-34(37)40-28-20-25-35(23-8-3)24-9-4/h31,33H,5-30H2,1-4H3. The molecule has 1 unspecified atom stereocenters. The summed E-state index contributed by atoms with van der Waals surface area (Å²) < 4.78 is 27.7. The molecule has 0 fully saturated rings. The van der Waals surface area contributed by atoms with Crippen LogP contribution in [0.5, 0.6) is 0 Å². The Kier molecular flexibility index (Phi) is 30.0. The van der Waals surface area contributed by atoms with E-state index in [1.807, 2.05) is 0 Å². The van der Waals surface area contributed by atoms with Crippen LogP contribution in [0.1, 0.15) is 137 Å². The first-order valence-corrected chi connectivity index (χ1v) is 17.2. The fraction of sp³-hybridized carbons (Fsp3) is 0.912. The molecule has 0 bridgehead atoms. The number of nitrogens with zero attached hydrogens (tertiary/aromatic N) is 1. The lowest BCUT2D eigenvalue weighted by Crippen LogP contribution is -2.27. The first-order valence-electron chi connectivity index (χ1n) is 17.2. The smallest absolute Gasteiger partial charge is 0.465 e. The molecule has 1 atom stereocenters. The maximum absolute atomic E-state index is 12.4. The van der Waals surface area contributed by atoms with Gasteiger partial charge >= 0.3 is 12.1 Å². The average molecular weight is 601 g/mol. The molecule has 0 aliphatic heterocycles. The highest BCUT2D eigenvalue weighted by Gasteiger charge is 2.16. The van der Waals surface area contributed by atoms with Crippen LogP contribution in [0, 0.1) is 12.8 Å². The molecule has 0 saturated carbocycles. The Bertz CT molecular complexity index is 580. The van der Waals surface area contributed by atoms with E-state index in [1.165, 1.54) is 51.4 Å². The first kappa shape index (κ1) is 40.6. The van der Waals surface area contributed by atoms with Crippen molar-refractivity contribution in [1.29, 1.82) is 0 Å². The molecule has 0 aromatic heterocycles. The first-order chi connectivity index (χ1) is 20.5. The summed E-state index contributed by atoms with van der Waals surface area (Å²) in [6.07, 6.45) is 17.0. The zero-order valence-electron chi connectivity index (χ0n) is 27.8. The van der Waals surface area contributed by atoms with Gasteiger partial charge in [0, 0.05) is 32.1 Å². The second-order valence-corrected chi connectivity index (χ2v) is 11.4. The SMILES string of the molecule is [CH2]C(COC(=O)CCC(OCCCCCCCC)OCCCCCCCC)COC(=O)OCCCN(CCC)CCC. The summed E-state index contributed by atoms with van der Waals surface area (Å²) in [6, 6.07) is 0. The molecule has 0 amide bonds. The van der Waals surface area contributed by atoms with E-state index in [2.05, 4.69) is 39.5 Å². The largest absolute Gasteiger partial charge is 0.508 e. The van der Waals surface area contributed by atoms with Gasteiger partial charge in [0.05, 0.1) is 19.6 Å². The van der Waals surface area contributed by atoms with E-state index in [-0.39, 0.29) is 31.5 Å². The predicted octanol–water partition coefficient (Wildman–Crippen LogP) is 8.51. The summed E-state index contributed by atoms with van der Waals surface area (Å²) in [5, 5.41) is 0. The van der Waals surface area contributed by atoms with Crippen LogP contribution in [-0.4, -0.2) is 76.0 Å². The number of esters is 1. The maximum Gasteiger partial charge on any atom is 0.508 e. The minimum atomic E-state index is -0.708. The van der Waals surface area contributed by atoms with Crippen LogP contribution in [0.25, 0.3) is 0 Å². The molecule has 0 rings (SSSR count). The Morgan fingerprint density at radius 1 is 0.595 bits per heavy atom. The lowest BCUT2D eigenvalue weighted by molar-refractivity contribution is -0.160. The molecular weight excluding hydrogens is 534 g/mol. The minimum absolute atomic E-state index is 0.0370. The van der Waals surface area contributed by atoms with Crippen LogP contribution < -0.4 is 0 Å². The summed E-state index contributed by atoms with van der Waals surface area (Å²) in [7, 11) is 0. The van der Waals surface area contributed by atoms with Gasteiger partial charge in [0.1, 0.15) is 6.61 Å². The lowest BCUT2D eigenvalue weighted by atomic mass is 10.1. The Morgan fingerprint density at radius 3 is 1.67 bits per heavy atom. The van der Waals surface area contributed by atoms with E-state index in [4.69, 9.17) is 23.7 Å². The molecule has 0 N–H and O–H groups in total. The maximum atomic E-state index is 12.4. The van der Waals surface area contributed by atoms with E-state index < -0.39 is 12.4 Å². The molecule has 8 nitrogen and oxygen atoms in total. The zero-order valence-corrected chi connectivity index (χ0v) is 27.8. The van der Waals surface area contributed by atoms with Gasteiger partial charge in [-0.3, -0.25) is 4.79 Å². The fourth-order valence-electron chi connectivity index (χ4n) is 4.61. The third-order valence-corrected chi connectivity index (χ3v) is 7.02. The van der Waals surface area contributed by atoms with Crippen LogP contribution in [0.2, 0.25) is 0 Å². The average Bonchev–Trinajstić information content (AvgIpc) is 2.98. The van der Waals surface area contributed by atoms with E-state index >= 15 is 0 Å². The van der Waals surface area contributed by atoms with Crippen molar-refractivity contribution in [3.05, 3.63) is 6.92 Å². The molecule has 0 saturated heterocycles. The highest BCUT2D eigenvalue weighted by Crippen LogP contribution is 2.12. The van der Waals surface area contributed by atoms with Crippen molar-refractivity contribution in [2.24, 2.45) is 5.92 Å². The number of rotatable bonds is 31. The van der Waals surface area contributed by atoms with Gasteiger partial charge in [-0.2, -0.15) is 0 Å². The number of hydrogen-bond acceptors (Lipinski definition) is 8. The van der Waals surface area contributed by atoms with Crippen molar-refractivity contribution in [1.82, 2.24) is 4.90 Å². The zero-order chi connectivity index (χ0) is 31.1. The Morgan fingerprint density at radius 2 is 1.12 bits per heavy atom. The molecule has 0 aliphatic carbocycles. The van der Waals surface area contributed by atoms with Crippen LogP contribution >= 0.6 is 0 Å². The molecule has 249 valence electrons. The number of carbonyl (C=O) groups excluding carboxylic acids is 2. The molecule has 1 radical (unpaired) electrons. The van der Waals surface area contributed by atoms with Crippen molar-refractivity contribution in [2.75, 3.05) is 52.7 Å². The van der Waals surface area contributed by atoms with Gasteiger partial charge < -0.3 is 28.6 Å². The molecular formula is C34H66NO7. The quantitative estimate of drug-likeness (QED) is 0.0445. The van der Waals surface area contributed by atoms with Crippen LogP contribution in [0.15, 0.2) is 0 Å². The summed E-state index contributed by atoms with van der Waals surface area (Å²) in [6.45, 7) is 17.4. The van der Waals surface area contributed by atoms with Gasteiger partial charge in [-0.25, -0.2) is 4.79 Å². The van der Waals surface area contributed by atoms with E-state index in [9.17, 15) is 9.59 Å².